The Labute approximate surface area is 110 Å². The van der Waals surface area contributed by atoms with E-state index in [2.05, 4.69) is 5.43 Å². The number of nitrogens with one attached hydrogen (secondary N) is 2. The lowest BCUT2D eigenvalue weighted by Crippen LogP contribution is -2.30. The Morgan fingerprint density at radius 2 is 2.18 bits per heavy atom. The van der Waals surface area contributed by atoms with Gasteiger partial charge in [0.2, 0.25) is 0 Å². The average Bonchev–Trinajstić information content (AvgIpc) is 2.34. The van der Waals surface area contributed by atoms with Gasteiger partial charge in [-0.3, -0.25) is 10.4 Å². The zero-order valence-electron chi connectivity index (χ0n) is 9.35. The summed E-state index contributed by atoms with van der Waals surface area (Å²) in [5.74, 6) is -0.113. The first kappa shape index (κ1) is 13.9. The topological polar surface area (TPSA) is 59.4 Å². The smallest absolute Gasteiger partial charge is 0.136 e. The van der Waals surface area contributed by atoms with E-state index in [4.69, 9.17) is 22.1 Å². The highest BCUT2D eigenvalue weighted by molar-refractivity contribution is 8.04. The zero-order chi connectivity index (χ0) is 12.7. The van der Waals surface area contributed by atoms with Crippen LogP contribution in [-0.2, 0) is 0 Å². The molecule has 0 fully saturated rings. The number of allylic oxidation sites excluding steroid dienone is 1. The molecule has 0 amide bonds. The molecule has 0 saturated carbocycles. The molecule has 0 saturated heterocycles. The lowest BCUT2D eigenvalue weighted by atomic mass is 10.3. The van der Waals surface area contributed by atoms with Crippen molar-refractivity contribution >= 4 is 34.2 Å². The molecule has 0 bridgehead atoms. The van der Waals surface area contributed by atoms with E-state index in [1.165, 1.54) is 0 Å². The highest BCUT2D eigenvalue weighted by atomic mass is 35.5. The van der Waals surface area contributed by atoms with Crippen LogP contribution in [0.2, 0.25) is 0 Å². The molecule has 0 atom stereocenters. The van der Waals surface area contributed by atoms with Gasteiger partial charge in [0.05, 0.1) is 16.5 Å². The molecule has 0 spiro atoms. The number of aliphatic hydroxyl groups is 1. The summed E-state index contributed by atoms with van der Waals surface area (Å²) in [5, 5.41) is 17.8. The fourth-order valence-electron chi connectivity index (χ4n) is 1.12. The van der Waals surface area contributed by atoms with E-state index in [1.807, 2.05) is 37.4 Å². The fourth-order valence-corrected chi connectivity index (χ4v) is 1.74. The van der Waals surface area contributed by atoms with E-state index < -0.39 is 0 Å². The summed E-state index contributed by atoms with van der Waals surface area (Å²) in [6, 6.07) is 9.71. The van der Waals surface area contributed by atoms with Crippen molar-refractivity contribution in [3.8, 4) is 0 Å². The third-order valence-corrected chi connectivity index (χ3v) is 3.05. The van der Waals surface area contributed by atoms with E-state index in [1.54, 1.807) is 11.2 Å². The quantitative estimate of drug-likeness (QED) is 0.422. The zero-order valence-corrected chi connectivity index (χ0v) is 10.9. The highest BCUT2D eigenvalue weighted by Gasteiger charge is 2.03. The second kappa shape index (κ2) is 7.21. The molecule has 92 valence electrons. The van der Waals surface area contributed by atoms with E-state index in [9.17, 15) is 0 Å². The molecule has 0 heterocycles. The van der Waals surface area contributed by atoms with Gasteiger partial charge in [0.25, 0.3) is 0 Å². The summed E-state index contributed by atoms with van der Waals surface area (Å²) in [6.07, 6.45) is 1.59. The minimum Gasteiger partial charge on any atom is -0.385 e. The maximum absolute atomic E-state index is 8.79. The minimum atomic E-state index is -0.113. The van der Waals surface area contributed by atoms with Gasteiger partial charge in [0.15, 0.2) is 0 Å². The maximum Gasteiger partial charge on any atom is 0.136 e. The van der Waals surface area contributed by atoms with Crippen molar-refractivity contribution in [1.29, 1.82) is 5.41 Å². The molecule has 0 aromatic heterocycles. The Kier molecular flexibility index (Phi) is 5.90. The van der Waals surface area contributed by atoms with Crippen LogP contribution in [0, 0.1) is 5.41 Å². The Hall–Kier alpha value is -1.17. The molecule has 0 unspecified atom stereocenters. The number of thioether (sulfide) groups is 1. The number of anilines is 1. The first-order valence-electron chi connectivity index (χ1n) is 4.88. The number of para-hydroxylation sites is 1. The number of benzene rings is 1. The summed E-state index contributed by atoms with van der Waals surface area (Å²) in [5.41, 5.74) is 3.96. The summed E-state index contributed by atoms with van der Waals surface area (Å²) < 4.78 is 0. The van der Waals surface area contributed by atoms with Crippen LogP contribution in [0.25, 0.3) is 0 Å². The number of halogens is 1. The second-order valence-corrected chi connectivity index (χ2v) is 4.48. The van der Waals surface area contributed by atoms with Crippen LogP contribution in [0.1, 0.15) is 0 Å². The van der Waals surface area contributed by atoms with Crippen LogP contribution in [0.15, 0.2) is 41.4 Å². The van der Waals surface area contributed by atoms with E-state index in [0.717, 1.165) is 17.4 Å². The van der Waals surface area contributed by atoms with Gasteiger partial charge in [0.1, 0.15) is 5.17 Å². The van der Waals surface area contributed by atoms with Gasteiger partial charge >= 0.3 is 0 Å². The molecule has 4 nitrogen and oxygen atoms in total. The van der Waals surface area contributed by atoms with Crippen molar-refractivity contribution in [3.63, 3.8) is 0 Å². The molecule has 3 N–H and O–H groups in total. The Bertz CT molecular complexity index is 397. The third-order valence-electron chi connectivity index (χ3n) is 1.97. The van der Waals surface area contributed by atoms with Gasteiger partial charge in [-0.25, -0.2) is 0 Å². The predicted octanol–water partition coefficient (Wildman–Crippen LogP) is 2.37. The second-order valence-electron chi connectivity index (χ2n) is 3.12. The molecule has 6 heteroatoms. The standard InChI is InChI=1S/C11H14ClN3OS/c1-15(9-5-3-2-4-6-9)14-7-10(11(12)13)17-8-16/h2-7,13-14,16H,8H2,1H3. The van der Waals surface area contributed by atoms with Crippen molar-refractivity contribution in [2.24, 2.45) is 0 Å². The van der Waals surface area contributed by atoms with Crippen LogP contribution in [-0.4, -0.2) is 23.3 Å². The maximum atomic E-state index is 8.79. The van der Waals surface area contributed by atoms with Crippen molar-refractivity contribution in [2.75, 3.05) is 18.0 Å². The van der Waals surface area contributed by atoms with Gasteiger partial charge in [-0.2, -0.15) is 0 Å². The van der Waals surface area contributed by atoms with Crippen molar-refractivity contribution in [3.05, 3.63) is 41.4 Å². The largest absolute Gasteiger partial charge is 0.385 e. The average molecular weight is 272 g/mol. The summed E-state index contributed by atoms with van der Waals surface area (Å²) in [7, 11) is 1.85. The number of hydrogen-bond acceptors (Lipinski definition) is 5. The molecule has 0 aliphatic heterocycles. The molecular formula is C11H14ClN3OS. The van der Waals surface area contributed by atoms with Gasteiger partial charge in [-0.15, -0.1) is 0 Å². The van der Waals surface area contributed by atoms with Gasteiger partial charge in [0, 0.05) is 13.2 Å². The van der Waals surface area contributed by atoms with E-state index >= 15 is 0 Å². The van der Waals surface area contributed by atoms with Gasteiger partial charge in [-0.05, 0) is 12.1 Å². The van der Waals surface area contributed by atoms with Gasteiger partial charge < -0.3 is 10.5 Å². The number of hydrazine groups is 1. The van der Waals surface area contributed by atoms with Crippen molar-refractivity contribution in [1.82, 2.24) is 5.43 Å². The molecular weight excluding hydrogens is 258 g/mol. The first-order chi connectivity index (χ1) is 8.15. The predicted molar refractivity (Wildman–Crippen MR) is 74.3 cm³/mol. The lowest BCUT2D eigenvalue weighted by Gasteiger charge is -2.19. The normalized spacial score (nSPS) is 11.1. The first-order valence-corrected chi connectivity index (χ1v) is 6.24. The fraction of sp³-hybridized carbons (Fsp3) is 0.182. The molecule has 17 heavy (non-hydrogen) atoms. The molecule has 0 aliphatic carbocycles. The number of nitrogens with zero attached hydrogens (tertiary/aromatic N) is 1. The van der Waals surface area contributed by atoms with Crippen LogP contribution in [0.3, 0.4) is 0 Å². The van der Waals surface area contributed by atoms with Crippen LogP contribution in [0.5, 0.6) is 0 Å². The monoisotopic (exact) mass is 271 g/mol. The van der Waals surface area contributed by atoms with Crippen molar-refractivity contribution < 1.29 is 5.11 Å². The minimum absolute atomic E-state index is 0.0991. The van der Waals surface area contributed by atoms with Crippen LogP contribution < -0.4 is 10.4 Å². The number of hydrogen-bond donors (Lipinski definition) is 3. The Morgan fingerprint density at radius 1 is 1.53 bits per heavy atom. The number of aliphatic hydroxyl groups excluding tert-OH is 1. The summed E-state index contributed by atoms with van der Waals surface area (Å²) in [6.45, 7) is 0. The summed E-state index contributed by atoms with van der Waals surface area (Å²) >= 11 is 6.67. The molecule has 0 aliphatic rings. The van der Waals surface area contributed by atoms with Crippen molar-refractivity contribution in [2.45, 2.75) is 0 Å². The van der Waals surface area contributed by atoms with E-state index in [0.29, 0.717) is 4.91 Å². The number of rotatable bonds is 6. The summed E-state index contributed by atoms with van der Waals surface area (Å²) in [4.78, 5) is 0.483. The Balaban J connectivity index is 2.65. The molecule has 0 radical (unpaired) electrons. The SMILES string of the molecule is CN(NC=C(SCO)C(=N)Cl)c1ccccc1. The van der Waals surface area contributed by atoms with Crippen LogP contribution >= 0.6 is 23.4 Å². The van der Waals surface area contributed by atoms with Gasteiger partial charge in [-0.1, -0.05) is 41.6 Å². The molecule has 1 rings (SSSR count). The molecule has 1 aromatic rings. The third kappa shape index (κ3) is 4.68. The van der Waals surface area contributed by atoms with Crippen LogP contribution in [0.4, 0.5) is 5.69 Å². The highest BCUT2D eigenvalue weighted by Crippen LogP contribution is 2.17. The Morgan fingerprint density at radius 3 is 2.71 bits per heavy atom. The van der Waals surface area contributed by atoms with E-state index in [-0.39, 0.29) is 11.1 Å². The lowest BCUT2D eigenvalue weighted by molar-refractivity contribution is 0.376. The molecule has 1 aromatic carbocycles.